The second kappa shape index (κ2) is 8.64. The molecular weight excluding hydrogens is 395 g/mol. The van der Waals surface area contributed by atoms with Crippen LogP contribution >= 0.6 is 23.2 Å². The first-order valence-corrected chi connectivity index (χ1v) is 10.6. The maximum atomic E-state index is 13.4. The predicted molar refractivity (Wildman–Crippen MR) is 116 cm³/mol. The van der Waals surface area contributed by atoms with E-state index >= 15 is 0 Å². The minimum atomic E-state index is -0.129. The molecule has 1 saturated heterocycles. The highest BCUT2D eigenvalue weighted by atomic mass is 35.5. The van der Waals surface area contributed by atoms with Gasteiger partial charge in [-0.1, -0.05) is 49.2 Å². The summed E-state index contributed by atoms with van der Waals surface area (Å²) in [4.78, 5) is 17.5. The van der Waals surface area contributed by atoms with Crippen LogP contribution in [0.5, 0.6) is 0 Å². The van der Waals surface area contributed by atoms with Crippen molar-refractivity contribution in [1.82, 2.24) is 4.90 Å². The highest BCUT2D eigenvalue weighted by Crippen LogP contribution is 2.60. The van der Waals surface area contributed by atoms with Crippen LogP contribution in [0.2, 0.25) is 0 Å². The van der Waals surface area contributed by atoms with Crippen molar-refractivity contribution >= 4 is 34.8 Å². The van der Waals surface area contributed by atoms with Gasteiger partial charge < -0.3 is 14.5 Å². The lowest BCUT2D eigenvalue weighted by molar-refractivity contribution is -0.135. The Morgan fingerprint density at radius 2 is 1.93 bits per heavy atom. The molecular formula is C22H30Cl2N2O2. The molecule has 0 radical (unpaired) electrons. The van der Waals surface area contributed by atoms with Crippen molar-refractivity contribution in [3.05, 3.63) is 40.4 Å². The molecule has 0 spiro atoms. The third-order valence-corrected chi connectivity index (χ3v) is 6.32. The molecule has 6 heteroatoms. The third-order valence-electron chi connectivity index (χ3n) is 6.07. The number of anilines is 1. The number of carbonyl (C=O) groups excluding carboxylic acids is 1. The average Bonchev–Trinajstić information content (AvgIpc) is 2.98. The van der Waals surface area contributed by atoms with Crippen molar-refractivity contribution in [3.63, 3.8) is 0 Å². The van der Waals surface area contributed by atoms with Gasteiger partial charge in [0, 0.05) is 39.5 Å². The zero-order valence-electron chi connectivity index (χ0n) is 17.1. The molecule has 154 valence electrons. The second-order valence-electron chi connectivity index (χ2n) is 8.70. The van der Waals surface area contributed by atoms with Crippen LogP contribution in [0.15, 0.2) is 34.8 Å². The largest absolute Gasteiger partial charge is 0.378 e. The Morgan fingerprint density at radius 3 is 2.46 bits per heavy atom. The first-order chi connectivity index (χ1) is 13.2. The molecule has 1 aliphatic carbocycles. The second-order valence-corrected chi connectivity index (χ2v) is 9.70. The van der Waals surface area contributed by atoms with Crippen LogP contribution in [-0.2, 0) is 16.1 Å². The van der Waals surface area contributed by atoms with Crippen LogP contribution in [0.3, 0.4) is 0 Å². The van der Waals surface area contributed by atoms with Gasteiger partial charge >= 0.3 is 0 Å². The highest BCUT2D eigenvalue weighted by molar-refractivity contribution is 6.55. The number of rotatable bonds is 7. The number of amides is 1. The van der Waals surface area contributed by atoms with Crippen molar-refractivity contribution < 1.29 is 9.53 Å². The Labute approximate surface area is 178 Å². The lowest BCUT2D eigenvalue weighted by atomic mass is 10.1. The molecule has 1 heterocycles. The fourth-order valence-electron chi connectivity index (χ4n) is 4.18. The SMILES string of the molecule is CN(C)c1ccc(CN(CC2CCCO2)C(=O)C2C(C=C(Cl)Cl)C2(C)C)cc1. The smallest absolute Gasteiger partial charge is 0.227 e. The summed E-state index contributed by atoms with van der Waals surface area (Å²) < 4.78 is 6.05. The number of halogens is 2. The van der Waals surface area contributed by atoms with Gasteiger partial charge in [0.1, 0.15) is 4.49 Å². The predicted octanol–water partition coefficient (Wildman–Crippen LogP) is 4.85. The molecule has 1 aromatic rings. The molecule has 1 aliphatic heterocycles. The summed E-state index contributed by atoms with van der Waals surface area (Å²) in [6.45, 7) is 6.20. The van der Waals surface area contributed by atoms with Crippen LogP contribution in [0.4, 0.5) is 5.69 Å². The van der Waals surface area contributed by atoms with Gasteiger partial charge in [0.15, 0.2) is 0 Å². The van der Waals surface area contributed by atoms with Gasteiger partial charge in [-0.3, -0.25) is 4.79 Å². The van der Waals surface area contributed by atoms with E-state index in [4.69, 9.17) is 27.9 Å². The maximum Gasteiger partial charge on any atom is 0.227 e. The lowest BCUT2D eigenvalue weighted by Gasteiger charge is -2.27. The van der Waals surface area contributed by atoms with E-state index in [0.717, 1.165) is 30.7 Å². The molecule has 0 bridgehead atoms. The van der Waals surface area contributed by atoms with E-state index in [1.54, 1.807) is 0 Å². The minimum absolute atomic E-state index is 0.0770. The molecule has 1 amide bonds. The number of ether oxygens (including phenoxy) is 1. The Bertz CT molecular complexity index is 721. The summed E-state index contributed by atoms with van der Waals surface area (Å²) in [6, 6.07) is 8.36. The van der Waals surface area contributed by atoms with Crippen molar-refractivity contribution in [2.45, 2.75) is 39.3 Å². The molecule has 28 heavy (non-hydrogen) atoms. The first-order valence-electron chi connectivity index (χ1n) is 9.89. The van der Waals surface area contributed by atoms with Crippen LogP contribution in [0.1, 0.15) is 32.3 Å². The summed E-state index contributed by atoms with van der Waals surface area (Å²) in [5.41, 5.74) is 2.14. The normalized spacial score (nSPS) is 25.3. The van der Waals surface area contributed by atoms with Gasteiger partial charge in [-0.05, 0) is 47.9 Å². The Kier molecular flexibility index (Phi) is 6.63. The van der Waals surface area contributed by atoms with Gasteiger partial charge in [-0.15, -0.1) is 0 Å². The van der Waals surface area contributed by atoms with Crippen LogP contribution in [0, 0.1) is 17.3 Å². The number of nitrogens with zero attached hydrogens (tertiary/aromatic N) is 2. The van der Waals surface area contributed by atoms with E-state index in [2.05, 4.69) is 43.0 Å². The number of carbonyl (C=O) groups is 1. The van der Waals surface area contributed by atoms with E-state index in [1.165, 1.54) is 0 Å². The maximum absolute atomic E-state index is 13.4. The lowest BCUT2D eigenvalue weighted by Crippen LogP contribution is -2.38. The van der Waals surface area contributed by atoms with Crippen LogP contribution < -0.4 is 4.90 Å². The Hall–Kier alpha value is -1.23. The van der Waals surface area contributed by atoms with Gasteiger partial charge in [0.05, 0.1) is 12.0 Å². The molecule has 4 nitrogen and oxygen atoms in total. The molecule has 3 atom stereocenters. The zero-order valence-corrected chi connectivity index (χ0v) is 18.6. The van der Waals surface area contributed by atoms with Crippen LogP contribution in [-0.4, -0.2) is 44.2 Å². The molecule has 1 saturated carbocycles. The number of hydrogen-bond donors (Lipinski definition) is 0. The molecule has 0 aromatic heterocycles. The fourth-order valence-corrected chi connectivity index (χ4v) is 4.45. The summed E-state index contributed by atoms with van der Waals surface area (Å²) in [7, 11) is 4.04. The number of allylic oxidation sites excluding steroid dienone is 1. The van der Waals surface area contributed by atoms with E-state index in [-0.39, 0.29) is 33.8 Å². The van der Waals surface area contributed by atoms with Crippen molar-refractivity contribution in [2.24, 2.45) is 17.3 Å². The summed E-state index contributed by atoms with van der Waals surface area (Å²) in [5, 5.41) is 0. The molecule has 2 aliphatic rings. The zero-order chi connectivity index (χ0) is 20.5. The number of benzene rings is 1. The van der Waals surface area contributed by atoms with E-state index < -0.39 is 0 Å². The quantitative estimate of drug-likeness (QED) is 0.626. The monoisotopic (exact) mass is 424 g/mol. The summed E-state index contributed by atoms with van der Waals surface area (Å²) >= 11 is 11.7. The van der Waals surface area contributed by atoms with Crippen molar-refractivity contribution in [3.8, 4) is 0 Å². The van der Waals surface area contributed by atoms with Crippen molar-refractivity contribution in [2.75, 3.05) is 32.1 Å². The van der Waals surface area contributed by atoms with E-state index in [9.17, 15) is 4.79 Å². The van der Waals surface area contributed by atoms with Crippen LogP contribution in [0.25, 0.3) is 0 Å². The summed E-state index contributed by atoms with van der Waals surface area (Å²) in [6.07, 6.45) is 4.00. The minimum Gasteiger partial charge on any atom is -0.378 e. The van der Waals surface area contributed by atoms with Gasteiger partial charge in [-0.25, -0.2) is 0 Å². The van der Waals surface area contributed by atoms with Gasteiger partial charge in [-0.2, -0.15) is 0 Å². The van der Waals surface area contributed by atoms with Crippen molar-refractivity contribution in [1.29, 1.82) is 0 Å². The van der Waals surface area contributed by atoms with Gasteiger partial charge in [0.2, 0.25) is 5.91 Å². The standard InChI is InChI=1S/C22H30Cl2N2O2/c1-22(2)18(12-19(23)24)20(22)21(27)26(14-17-6-5-11-28-17)13-15-7-9-16(10-8-15)25(3)4/h7-10,12,17-18,20H,5-6,11,13-14H2,1-4H3. The Morgan fingerprint density at radius 1 is 1.25 bits per heavy atom. The topological polar surface area (TPSA) is 32.8 Å². The first kappa shape index (κ1) is 21.5. The molecule has 0 N–H and O–H groups in total. The average molecular weight is 425 g/mol. The molecule has 3 rings (SSSR count). The van der Waals surface area contributed by atoms with E-state index in [1.807, 2.05) is 25.1 Å². The highest BCUT2D eigenvalue weighted by Gasteiger charge is 2.61. The molecule has 3 unspecified atom stereocenters. The van der Waals surface area contributed by atoms with E-state index in [0.29, 0.717) is 13.1 Å². The fraction of sp³-hybridized carbons (Fsp3) is 0.591. The third kappa shape index (κ3) is 4.84. The molecule has 1 aromatic carbocycles. The Balaban J connectivity index is 1.76. The van der Waals surface area contributed by atoms with Gasteiger partial charge in [0.25, 0.3) is 0 Å². The summed E-state index contributed by atoms with van der Waals surface area (Å²) in [5.74, 6) is 0.142. The molecule has 2 fully saturated rings. The number of hydrogen-bond acceptors (Lipinski definition) is 3.